The molecule has 1 aromatic rings. The Hall–Kier alpha value is -1.18. The van der Waals surface area contributed by atoms with E-state index in [1.165, 1.54) is 17.4 Å². The maximum absolute atomic E-state index is 11.2. The summed E-state index contributed by atoms with van der Waals surface area (Å²) >= 11 is 1.30. The number of thiophene rings is 1. The quantitative estimate of drug-likeness (QED) is 0.683. The first-order chi connectivity index (χ1) is 9.43. The lowest BCUT2D eigenvalue weighted by Crippen LogP contribution is -2.48. The van der Waals surface area contributed by atoms with Crippen molar-refractivity contribution in [3.63, 3.8) is 0 Å². The Morgan fingerprint density at radius 2 is 2.40 bits per heavy atom. The van der Waals surface area contributed by atoms with Crippen molar-refractivity contribution < 1.29 is 14.8 Å². The van der Waals surface area contributed by atoms with E-state index in [-0.39, 0.29) is 22.8 Å². The van der Waals surface area contributed by atoms with Crippen molar-refractivity contribution in [2.45, 2.75) is 45.4 Å². The molecule has 1 aliphatic heterocycles. The van der Waals surface area contributed by atoms with Gasteiger partial charge in [0.25, 0.3) is 0 Å². The van der Waals surface area contributed by atoms with E-state index >= 15 is 0 Å². The lowest BCUT2D eigenvalue weighted by Gasteiger charge is -2.38. The maximum atomic E-state index is 11.2. The van der Waals surface area contributed by atoms with Crippen molar-refractivity contribution in [2.75, 3.05) is 18.1 Å². The minimum atomic E-state index is -0.689. The van der Waals surface area contributed by atoms with Gasteiger partial charge in [0.05, 0.1) is 29.8 Å². The molecule has 7 heteroatoms. The van der Waals surface area contributed by atoms with Crippen molar-refractivity contribution in [3.05, 3.63) is 21.1 Å². The van der Waals surface area contributed by atoms with Gasteiger partial charge in [0.15, 0.2) is 5.00 Å². The lowest BCUT2D eigenvalue weighted by molar-refractivity contribution is -0.383. The fourth-order valence-electron chi connectivity index (χ4n) is 2.36. The second kappa shape index (κ2) is 6.07. The van der Waals surface area contributed by atoms with E-state index in [1.807, 2.05) is 13.8 Å². The maximum Gasteiger partial charge on any atom is 0.304 e. The van der Waals surface area contributed by atoms with Gasteiger partial charge < -0.3 is 14.7 Å². The summed E-state index contributed by atoms with van der Waals surface area (Å²) in [5.41, 5.74) is 0.0819. The van der Waals surface area contributed by atoms with Crippen molar-refractivity contribution in [1.29, 1.82) is 0 Å². The van der Waals surface area contributed by atoms with Crippen LogP contribution in [0.15, 0.2) is 6.07 Å². The first-order valence-corrected chi connectivity index (χ1v) is 7.60. The number of nitro groups is 1. The largest absolute Gasteiger partial charge is 0.388 e. The highest BCUT2D eigenvalue weighted by molar-refractivity contribution is 7.16. The molecule has 3 atom stereocenters. The molecule has 0 aliphatic carbocycles. The van der Waals surface area contributed by atoms with E-state index in [1.54, 1.807) is 6.92 Å². The zero-order valence-electron chi connectivity index (χ0n) is 11.9. The molecule has 2 unspecified atom stereocenters. The van der Waals surface area contributed by atoms with Crippen LogP contribution in [0.5, 0.6) is 0 Å². The SMILES string of the molecule is CCC1COC(C)CN1c1sc([C@H](C)O)cc1[N+](=O)[O-]. The van der Waals surface area contributed by atoms with Crippen molar-refractivity contribution >= 4 is 22.0 Å². The number of rotatable bonds is 4. The summed E-state index contributed by atoms with van der Waals surface area (Å²) in [6.07, 6.45) is 0.228. The molecule has 1 N–H and O–H groups in total. The van der Waals surface area contributed by atoms with E-state index in [0.29, 0.717) is 23.0 Å². The summed E-state index contributed by atoms with van der Waals surface area (Å²) in [7, 11) is 0. The van der Waals surface area contributed by atoms with E-state index in [9.17, 15) is 15.2 Å². The third-order valence-electron chi connectivity index (χ3n) is 3.52. The zero-order valence-corrected chi connectivity index (χ0v) is 12.7. The highest BCUT2D eigenvalue weighted by atomic mass is 32.1. The fourth-order valence-corrected chi connectivity index (χ4v) is 3.51. The van der Waals surface area contributed by atoms with Crippen LogP contribution in [0.25, 0.3) is 0 Å². The topological polar surface area (TPSA) is 75.8 Å². The molecule has 0 saturated carbocycles. The predicted molar refractivity (Wildman–Crippen MR) is 78.4 cm³/mol. The molecule has 6 nitrogen and oxygen atoms in total. The Morgan fingerprint density at radius 3 is 2.95 bits per heavy atom. The van der Waals surface area contributed by atoms with Gasteiger partial charge in [-0.05, 0) is 20.3 Å². The van der Waals surface area contributed by atoms with Crippen molar-refractivity contribution in [1.82, 2.24) is 0 Å². The zero-order chi connectivity index (χ0) is 14.9. The number of ether oxygens (including phenoxy) is 1. The standard InChI is InChI=1S/C13H20N2O4S/c1-4-10-7-19-8(2)6-14(10)13-11(15(17)18)5-12(20-13)9(3)16/h5,8-10,16H,4,6-7H2,1-3H3/t8?,9-,10?/m0/s1. The number of morpholine rings is 1. The molecule has 0 spiro atoms. The van der Waals surface area contributed by atoms with Crippen LogP contribution < -0.4 is 4.90 Å². The summed E-state index contributed by atoms with van der Waals surface area (Å²) < 4.78 is 5.63. The number of anilines is 1. The smallest absolute Gasteiger partial charge is 0.304 e. The van der Waals surface area contributed by atoms with Crippen LogP contribution >= 0.6 is 11.3 Å². The molecule has 0 amide bonds. The molecule has 112 valence electrons. The molecule has 1 fully saturated rings. The number of nitrogens with zero attached hydrogens (tertiary/aromatic N) is 2. The van der Waals surface area contributed by atoms with Crippen LogP contribution in [-0.4, -0.2) is 35.3 Å². The van der Waals surface area contributed by atoms with Crippen LogP contribution in [0.2, 0.25) is 0 Å². The third-order valence-corrected chi connectivity index (χ3v) is 4.85. The van der Waals surface area contributed by atoms with Crippen LogP contribution in [0.4, 0.5) is 10.7 Å². The highest BCUT2D eigenvalue weighted by Crippen LogP contribution is 2.42. The summed E-state index contributed by atoms with van der Waals surface area (Å²) in [6.45, 7) is 6.86. The molecule has 0 aromatic carbocycles. The Labute approximate surface area is 122 Å². The molecule has 0 radical (unpaired) electrons. The Balaban J connectivity index is 2.40. The Bertz CT molecular complexity index is 489. The van der Waals surface area contributed by atoms with Crippen LogP contribution in [-0.2, 0) is 4.74 Å². The fraction of sp³-hybridized carbons (Fsp3) is 0.692. The molecule has 1 aliphatic rings. The van der Waals surface area contributed by atoms with Gasteiger partial charge in [-0.3, -0.25) is 10.1 Å². The van der Waals surface area contributed by atoms with Crippen LogP contribution in [0, 0.1) is 10.1 Å². The Morgan fingerprint density at radius 1 is 1.70 bits per heavy atom. The van der Waals surface area contributed by atoms with Gasteiger partial charge in [-0.25, -0.2) is 0 Å². The molecule has 2 rings (SSSR count). The van der Waals surface area contributed by atoms with E-state index in [2.05, 4.69) is 4.90 Å². The van der Waals surface area contributed by atoms with Gasteiger partial charge in [0, 0.05) is 17.5 Å². The molecular formula is C13H20N2O4S. The summed E-state index contributed by atoms with van der Waals surface area (Å²) in [6, 6.07) is 1.63. The van der Waals surface area contributed by atoms with Gasteiger partial charge in [-0.2, -0.15) is 0 Å². The van der Waals surface area contributed by atoms with Crippen LogP contribution in [0.1, 0.15) is 38.2 Å². The second-order valence-corrected chi connectivity index (χ2v) is 6.19. The minimum absolute atomic E-state index is 0.0505. The highest BCUT2D eigenvalue weighted by Gasteiger charge is 2.33. The van der Waals surface area contributed by atoms with Crippen molar-refractivity contribution in [2.24, 2.45) is 0 Å². The lowest BCUT2D eigenvalue weighted by atomic mass is 10.1. The summed E-state index contributed by atoms with van der Waals surface area (Å²) in [5, 5.41) is 21.5. The summed E-state index contributed by atoms with van der Waals surface area (Å²) in [5.74, 6) is 0. The average molecular weight is 300 g/mol. The molecular weight excluding hydrogens is 280 g/mol. The first-order valence-electron chi connectivity index (χ1n) is 6.78. The van der Waals surface area contributed by atoms with Crippen molar-refractivity contribution in [3.8, 4) is 0 Å². The van der Waals surface area contributed by atoms with Gasteiger partial charge in [-0.15, -0.1) is 11.3 Å². The van der Waals surface area contributed by atoms with E-state index in [0.717, 1.165) is 6.42 Å². The molecule has 1 aromatic heterocycles. The monoisotopic (exact) mass is 300 g/mol. The van der Waals surface area contributed by atoms with Crippen LogP contribution in [0.3, 0.4) is 0 Å². The molecule has 0 bridgehead atoms. The minimum Gasteiger partial charge on any atom is -0.388 e. The number of hydrogen-bond acceptors (Lipinski definition) is 6. The second-order valence-electron chi connectivity index (χ2n) is 5.13. The number of aliphatic hydroxyl groups excluding tert-OH is 1. The van der Waals surface area contributed by atoms with Gasteiger partial charge in [0.2, 0.25) is 0 Å². The molecule has 1 saturated heterocycles. The Kier molecular flexibility index (Phi) is 4.62. The number of aliphatic hydroxyl groups is 1. The number of hydrogen-bond donors (Lipinski definition) is 1. The third kappa shape index (κ3) is 2.94. The van der Waals surface area contributed by atoms with Gasteiger partial charge in [-0.1, -0.05) is 6.92 Å². The first kappa shape index (κ1) is 15.2. The molecule has 20 heavy (non-hydrogen) atoms. The molecule has 2 heterocycles. The predicted octanol–water partition coefficient (Wildman–Crippen LogP) is 2.71. The normalized spacial score (nSPS) is 24.7. The average Bonchev–Trinajstić information content (AvgIpc) is 2.83. The van der Waals surface area contributed by atoms with E-state index in [4.69, 9.17) is 4.74 Å². The van der Waals surface area contributed by atoms with Gasteiger partial charge >= 0.3 is 5.69 Å². The van der Waals surface area contributed by atoms with E-state index < -0.39 is 6.10 Å². The van der Waals surface area contributed by atoms with Gasteiger partial charge in [0.1, 0.15) is 0 Å². The summed E-state index contributed by atoms with van der Waals surface area (Å²) in [4.78, 5) is 13.6.